The first-order valence-electron chi connectivity index (χ1n) is 9.35. The highest BCUT2D eigenvalue weighted by Gasteiger charge is 2.15. The number of nitrogens with one attached hydrogen (secondary N) is 1. The minimum atomic E-state index is -0.0547. The lowest BCUT2D eigenvalue weighted by Gasteiger charge is -2.13. The summed E-state index contributed by atoms with van der Waals surface area (Å²) in [5, 5.41) is 4.12. The van der Waals surface area contributed by atoms with Crippen LogP contribution >= 0.6 is 0 Å². The lowest BCUT2D eigenvalue weighted by molar-refractivity contribution is 0.0946. The first kappa shape index (κ1) is 17.3. The van der Waals surface area contributed by atoms with Gasteiger partial charge in [-0.25, -0.2) is 4.98 Å². The van der Waals surface area contributed by atoms with Gasteiger partial charge in [0.2, 0.25) is 0 Å². The van der Waals surface area contributed by atoms with Crippen LogP contribution in [0.5, 0.6) is 0 Å². The summed E-state index contributed by atoms with van der Waals surface area (Å²) in [6.07, 6.45) is 0.697. The first-order valence-corrected chi connectivity index (χ1v) is 9.35. The number of fused-ring (bicyclic) bond motifs is 2. The number of imidazole rings is 1. The number of carbonyl (C=O) groups is 1. The monoisotopic (exact) mass is 360 g/mol. The molecule has 4 aromatic rings. The summed E-state index contributed by atoms with van der Waals surface area (Å²) in [5.41, 5.74) is 3.88. The third-order valence-electron chi connectivity index (χ3n) is 5.00. The van der Waals surface area contributed by atoms with Crippen molar-refractivity contribution < 1.29 is 4.79 Å². The summed E-state index contributed by atoms with van der Waals surface area (Å²) in [7, 11) is 1.93. The van der Waals surface area contributed by atoms with E-state index in [0.29, 0.717) is 24.7 Å². The van der Waals surface area contributed by atoms with E-state index in [9.17, 15) is 4.79 Å². The average Bonchev–Trinajstić information content (AvgIpc) is 3.20. The molecule has 0 aliphatic heterocycles. The second-order valence-electron chi connectivity index (χ2n) is 7.13. The molecule has 0 saturated heterocycles. The molecule has 27 heavy (non-hydrogen) atoms. The number of aromatic nitrogens is 3. The Kier molecular flexibility index (Phi) is 4.44. The summed E-state index contributed by atoms with van der Waals surface area (Å²) < 4.78 is 4.19. The van der Waals surface area contributed by atoms with E-state index in [4.69, 9.17) is 4.98 Å². The number of para-hydroxylation sites is 3. The summed E-state index contributed by atoms with van der Waals surface area (Å²) in [6, 6.07) is 18.5. The van der Waals surface area contributed by atoms with Crippen LogP contribution < -0.4 is 5.32 Å². The summed E-state index contributed by atoms with van der Waals surface area (Å²) in [6.45, 7) is 4.87. The molecule has 2 aromatic carbocycles. The zero-order valence-electron chi connectivity index (χ0n) is 15.9. The SMILES string of the molecule is CC(C)n1c(CCNC(=O)c2cc3ccccc3n2C)nc2ccccc21. The second-order valence-corrected chi connectivity index (χ2v) is 7.13. The maximum atomic E-state index is 12.7. The van der Waals surface area contributed by atoms with Gasteiger partial charge in [-0.1, -0.05) is 30.3 Å². The molecule has 2 heterocycles. The molecule has 0 saturated carbocycles. The standard InChI is InChI=1S/C22H24N4O/c1-15(2)26-19-11-7-5-9-17(19)24-21(26)12-13-23-22(27)20-14-16-8-4-6-10-18(16)25(20)3/h4-11,14-15H,12-13H2,1-3H3,(H,23,27). The molecule has 1 amide bonds. The Morgan fingerprint density at radius 2 is 1.78 bits per heavy atom. The van der Waals surface area contributed by atoms with Crippen LogP contribution in [-0.2, 0) is 13.5 Å². The number of nitrogens with zero attached hydrogens (tertiary/aromatic N) is 3. The van der Waals surface area contributed by atoms with Crippen LogP contribution in [0.1, 0.15) is 36.2 Å². The molecular weight excluding hydrogens is 336 g/mol. The number of amides is 1. The highest BCUT2D eigenvalue weighted by atomic mass is 16.1. The predicted molar refractivity (Wildman–Crippen MR) is 109 cm³/mol. The van der Waals surface area contributed by atoms with Crippen molar-refractivity contribution in [3.63, 3.8) is 0 Å². The van der Waals surface area contributed by atoms with Gasteiger partial charge in [-0.3, -0.25) is 4.79 Å². The Hall–Kier alpha value is -3.08. The lowest BCUT2D eigenvalue weighted by Crippen LogP contribution is -2.28. The number of hydrogen-bond acceptors (Lipinski definition) is 2. The largest absolute Gasteiger partial charge is 0.350 e. The molecule has 1 N–H and O–H groups in total. The topological polar surface area (TPSA) is 51.9 Å². The quantitative estimate of drug-likeness (QED) is 0.583. The molecule has 0 aliphatic rings. The van der Waals surface area contributed by atoms with Crippen LogP contribution in [0.3, 0.4) is 0 Å². The van der Waals surface area contributed by atoms with Crippen molar-refractivity contribution in [1.82, 2.24) is 19.4 Å². The maximum Gasteiger partial charge on any atom is 0.267 e. The van der Waals surface area contributed by atoms with Gasteiger partial charge in [0.15, 0.2) is 0 Å². The van der Waals surface area contributed by atoms with Crippen molar-refractivity contribution in [1.29, 1.82) is 0 Å². The summed E-state index contributed by atoms with van der Waals surface area (Å²) in [5.74, 6) is 0.949. The van der Waals surface area contributed by atoms with Gasteiger partial charge in [0.25, 0.3) is 5.91 Å². The van der Waals surface area contributed by atoms with Crippen LogP contribution in [0.15, 0.2) is 54.6 Å². The zero-order chi connectivity index (χ0) is 19.0. The minimum Gasteiger partial charge on any atom is -0.350 e. The Morgan fingerprint density at radius 1 is 1.07 bits per heavy atom. The van der Waals surface area contributed by atoms with Gasteiger partial charge in [0, 0.05) is 37.0 Å². The molecule has 0 spiro atoms. The smallest absolute Gasteiger partial charge is 0.267 e. The molecule has 0 radical (unpaired) electrons. The maximum absolute atomic E-state index is 12.7. The number of hydrogen-bond donors (Lipinski definition) is 1. The Bertz CT molecular complexity index is 1120. The van der Waals surface area contributed by atoms with Gasteiger partial charge < -0.3 is 14.5 Å². The summed E-state index contributed by atoms with van der Waals surface area (Å²) in [4.78, 5) is 17.4. The molecule has 5 heteroatoms. The van der Waals surface area contributed by atoms with Crippen LogP contribution in [0, 0.1) is 0 Å². The van der Waals surface area contributed by atoms with E-state index in [0.717, 1.165) is 27.8 Å². The van der Waals surface area contributed by atoms with Crippen molar-refractivity contribution in [2.24, 2.45) is 7.05 Å². The molecule has 0 unspecified atom stereocenters. The molecule has 2 aromatic heterocycles. The van der Waals surface area contributed by atoms with Crippen LogP contribution in [0.4, 0.5) is 0 Å². The highest BCUT2D eigenvalue weighted by Crippen LogP contribution is 2.21. The highest BCUT2D eigenvalue weighted by molar-refractivity contribution is 5.98. The Balaban J connectivity index is 1.51. The molecule has 138 valence electrons. The summed E-state index contributed by atoms with van der Waals surface area (Å²) >= 11 is 0. The number of benzene rings is 2. The number of rotatable bonds is 5. The van der Waals surface area contributed by atoms with Crippen molar-refractivity contribution >= 4 is 27.8 Å². The first-order chi connectivity index (χ1) is 13.1. The van der Waals surface area contributed by atoms with Crippen molar-refractivity contribution in [3.8, 4) is 0 Å². The molecule has 0 aliphatic carbocycles. The van der Waals surface area contributed by atoms with Crippen LogP contribution in [0.2, 0.25) is 0 Å². The fourth-order valence-electron chi connectivity index (χ4n) is 3.73. The van der Waals surface area contributed by atoms with Gasteiger partial charge in [-0.2, -0.15) is 0 Å². The minimum absolute atomic E-state index is 0.0547. The number of carbonyl (C=O) groups excluding carboxylic acids is 1. The van der Waals surface area contributed by atoms with E-state index < -0.39 is 0 Å². The zero-order valence-corrected chi connectivity index (χ0v) is 15.9. The molecular formula is C22H24N4O. The average molecular weight is 360 g/mol. The predicted octanol–water partition coefficient (Wildman–Crippen LogP) is 4.08. The van der Waals surface area contributed by atoms with Gasteiger partial charge in [0.05, 0.1) is 11.0 Å². The van der Waals surface area contributed by atoms with E-state index in [1.807, 2.05) is 60.1 Å². The van der Waals surface area contributed by atoms with E-state index >= 15 is 0 Å². The molecule has 0 fully saturated rings. The molecule has 0 atom stereocenters. The molecule has 5 nitrogen and oxygen atoms in total. The van der Waals surface area contributed by atoms with Crippen LogP contribution in [-0.4, -0.2) is 26.6 Å². The Labute approximate surface area is 158 Å². The van der Waals surface area contributed by atoms with Crippen molar-refractivity contribution in [2.45, 2.75) is 26.3 Å². The van der Waals surface area contributed by atoms with E-state index in [-0.39, 0.29) is 5.91 Å². The van der Waals surface area contributed by atoms with Crippen molar-refractivity contribution in [2.75, 3.05) is 6.54 Å². The van der Waals surface area contributed by atoms with Gasteiger partial charge in [0.1, 0.15) is 11.5 Å². The van der Waals surface area contributed by atoms with Gasteiger partial charge in [-0.05, 0) is 38.1 Å². The lowest BCUT2D eigenvalue weighted by atomic mass is 10.2. The van der Waals surface area contributed by atoms with Gasteiger partial charge in [-0.15, -0.1) is 0 Å². The van der Waals surface area contributed by atoms with Crippen LogP contribution in [0.25, 0.3) is 21.9 Å². The third-order valence-corrected chi connectivity index (χ3v) is 5.00. The van der Waals surface area contributed by atoms with E-state index in [2.05, 4.69) is 29.8 Å². The number of aryl methyl sites for hydroxylation is 1. The van der Waals surface area contributed by atoms with Gasteiger partial charge >= 0.3 is 0 Å². The normalized spacial score (nSPS) is 11.6. The fourth-order valence-corrected chi connectivity index (χ4v) is 3.73. The van der Waals surface area contributed by atoms with E-state index in [1.54, 1.807) is 0 Å². The second kappa shape index (κ2) is 6.91. The van der Waals surface area contributed by atoms with E-state index in [1.165, 1.54) is 0 Å². The third kappa shape index (κ3) is 3.10. The van der Waals surface area contributed by atoms with Crippen molar-refractivity contribution in [3.05, 3.63) is 66.1 Å². The molecule has 4 rings (SSSR count). The Morgan fingerprint density at radius 3 is 2.52 bits per heavy atom. The fraction of sp³-hybridized carbons (Fsp3) is 0.273. The molecule has 0 bridgehead atoms.